The summed E-state index contributed by atoms with van der Waals surface area (Å²) in [6.07, 6.45) is -0.279. The summed E-state index contributed by atoms with van der Waals surface area (Å²) in [5, 5.41) is 9.04. The van der Waals surface area contributed by atoms with Crippen LogP contribution in [-0.4, -0.2) is 35.2 Å². The van der Waals surface area contributed by atoms with Gasteiger partial charge in [0.1, 0.15) is 6.61 Å². The first-order valence-electron chi connectivity index (χ1n) is 6.98. The highest BCUT2D eigenvalue weighted by Gasteiger charge is 2.21. The van der Waals surface area contributed by atoms with Crippen molar-refractivity contribution in [3.63, 3.8) is 0 Å². The molecular formula is C17H15NO4. The van der Waals surface area contributed by atoms with E-state index in [1.54, 1.807) is 23.1 Å². The van der Waals surface area contributed by atoms with E-state index in [0.29, 0.717) is 19.7 Å². The van der Waals surface area contributed by atoms with Crippen LogP contribution in [0.15, 0.2) is 48.5 Å². The lowest BCUT2D eigenvalue weighted by Crippen LogP contribution is -2.23. The highest BCUT2D eigenvalue weighted by molar-refractivity contribution is 5.89. The van der Waals surface area contributed by atoms with Gasteiger partial charge in [0.25, 0.3) is 0 Å². The van der Waals surface area contributed by atoms with E-state index in [2.05, 4.69) is 0 Å². The zero-order chi connectivity index (χ0) is 15.5. The quantitative estimate of drug-likeness (QED) is 0.942. The van der Waals surface area contributed by atoms with Crippen molar-refractivity contribution < 1.29 is 19.4 Å². The third kappa shape index (κ3) is 2.93. The normalized spacial score (nSPS) is 14.0. The molecule has 1 N–H and O–H groups in total. The second kappa shape index (κ2) is 5.89. The molecule has 0 radical (unpaired) electrons. The van der Waals surface area contributed by atoms with E-state index in [0.717, 1.165) is 16.7 Å². The van der Waals surface area contributed by atoms with Crippen LogP contribution in [0.25, 0.3) is 11.1 Å². The maximum Gasteiger partial charge on any atom is 0.410 e. The zero-order valence-corrected chi connectivity index (χ0v) is 11.9. The summed E-state index contributed by atoms with van der Waals surface area (Å²) >= 11 is 0. The number of carboxylic acids is 1. The van der Waals surface area contributed by atoms with E-state index in [4.69, 9.17) is 9.84 Å². The third-order valence-electron chi connectivity index (χ3n) is 3.62. The molecule has 0 saturated carbocycles. The Balaban J connectivity index is 1.77. The number of carboxylic acid groups (broad SMARTS) is 1. The van der Waals surface area contributed by atoms with Crippen molar-refractivity contribution >= 4 is 12.1 Å². The molecule has 1 heterocycles. The molecule has 0 aliphatic carbocycles. The van der Waals surface area contributed by atoms with Gasteiger partial charge in [0, 0.05) is 6.54 Å². The van der Waals surface area contributed by atoms with Crippen molar-refractivity contribution in [3.8, 4) is 11.1 Å². The van der Waals surface area contributed by atoms with Crippen LogP contribution in [-0.2, 0) is 11.3 Å². The molecule has 1 aliphatic rings. The van der Waals surface area contributed by atoms with Gasteiger partial charge in [0.05, 0.1) is 12.1 Å². The lowest BCUT2D eigenvalue weighted by atomic mass is 10.0. The molecule has 0 aromatic heterocycles. The molecule has 5 nitrogen and oxygen atoms in total. The van der Waals surface area contributed by atoms with Crippen LogP contribution >= 0.6 is 0 Å². The monoisotopic (exact) mass is 297 g/mol. The summed E-state index contributed by atoms with van der Waals surface area (Å²) in [5.74, 6) is -0.939. The van der Waals surface area contributed by atoms with Gasteiger partial charge in [-0.3, -0.25) is 0 Å². The molecule has 1 fully saturated rings. The maximum absolute atomic E-state index is 11.4. The van der Waals surface area contributed by atoms with E-state index in [1.807, 2.05) is 30.3 Å². The number of cyclic esters (lactones) is 1. The number of amides is 1. The summed E-state index contributed by atoms with van der Waals surface area (Å²) in [6.45, 7) is 1.58. The van der Waals surface area contributed by atoms with Crippen molar-refractivity contribution in [2.24, 2.45) is 0 Å². The number of carbonyl (C=O) groups excluding carboxylic acids is 1. The standard InChI is InChI=1S/C17H15NO4/c19-16(20)15-3-1-2-14(10-15)13-6-4-12(5-7-13)11-18-8-9-22-17(18)21/h1-7,10H,8-9,11H2,(H,19,20). The van der Waals surface area contributed by atoms with Crippen LogP contribution < -0.4 is 0 Å². The molecule has 1 saturated heterocycles. The van der Waals surface area contributed by atoms with Gasteiger partial charge >= 0.3 is 12.1 Å². The summed E-state index contributed by atoms with van der Waals surface area (Å²) in [6, 6.07) is 14.6. The van der Waals surface area contributed by atoms with E-state index in [1.165, 1.54) is 0 Å². The Kier molecular flexibility index (Phi) is 3.78. The van der Waals surface area contributed by atoms with Gasteiger partial charge in [-0.1, -0.05) is 36.4 Å². The van der Waals surface area contributed by atoms with Gasteiger partial charge in [0.2, 0.25) is 0 Å². The van der Waals surface area contributed by atoms with Gasteiger partial charge in [-0.15, -0.1) is 0 Å². The fourth-order valence-corrected chi connectivity index (χ4v) is 2.42. The lowest BCUT2D eigenvalue weighted by molar-refractivity contribution is 0.0697. The van der Waals surface area contributed by atoms with Crippen molar-refractivity contribution in [1.82, 2.24) is 4.90 Å². The Labute approximate surface area is 127 Å². The Bertz CT molecular complexity index is 709. The van der Waals surface area contributed by atoms with Gasteiger partial charge in [0.15, 0.2) is 0 Å². The van der Waals surface area contributed by atoms with E-state index in [-0.39, 0.29) is 11.7 Å². The van der Waals surface area contributed by atoms with Crippen molar-refractivity contribution in [3.05, 3.63) is 59.7 Å². The topological polar surface area (TPSA) is 66.8 Å². The summed E-state index contributed by atoms with van der Waals surface area (Å²) in [4.78, 5) is 24.1. The molecule has 1 aliphatic heterocycles. The Morgan fingerprint density at radius 1 is 1.14 bits per heavy atom. The lowest BCUT2D eigenvalue weighted by Gasteiger charge is -2.12. The molecule has 112 valence electrons. The number of ether oxygens (including phenoxy) is 1. The predicted molar refractivity (Wildman–Crippen MR) is 80.6 cm³/mol. The highest BCUT2D eigenvalue weighted by Crippen LogP contribution is 2.22. The Morgan fingerprint density at radius 3 is 2.55 bits per heavy atom. The second-order valence-electron chi connectivity index (χ2n) is 5.12. The highest BCUT2D eigenvalue weighted by atomic mass is 16.6. The Morgan fingerprint density at radius 2 is 1.91 bits per heavy atom. The predicted octanol–water partition coefficient (Wildman–Crippen LogP) is 3.00. The van der Waals surface area contributed by atoms with Crippen LogP contribution in [0.4, 0.5) is 4.79 Å². The Hall–Kier alpha value is -2.82. The molecule has 0 atom stereocenters. The number of aromatic carboxylic acids is 1. The third-order valence-corrected chi connectivity index (χ3v) is 3.62. The number of carbonyl (C=O) groups is 2. The molecule has 0 spiro atoms. The van der Waals surface area contributed by atoms with Crippen molar-refractivity contribution in [2.75, 3.05) is 13.2 Å². The average Bonchev–Trinajstić information content (AvgIpc) is 2.93. The number of benzene rings is 2. The minimum Gasteiger partial charge on any atom is -0.478 e. The number of rotatable bonds is 4. The number of nitrogens with zero attached hydrogens (tertiary/aromatic N) is 1. The summed E-state index contributed by atoms with van der Waals surface area (Å²) < 4.78 is 4.90. The molecule has 22 heavy (non-hydrogen) atoms. The fraction of sp³-hybridized carbons (Fsp3) is 0.176. The molecule has 0 bridgehead atoms. The SMILES string of the molecule is O=C(O)c1cccc(-c2ccc(CN3CCOC3=O)cc2)c1. The smallest absolute Gasteiger partial charge is 0.410 e. The molecular weight excluding hydrogens is 282 g/mol. The molecule has 5 heteroatoms. The molecule has 0 unspecified atom stereocenters. The van der Waals surface area contributed by atoms with Crippen LogP contribution in [0.5, 0.6) is 0 Å². The van der Waals surface area contributed by atoms with Crippen LogP contribution in [0.3, 0.4) is 0 Å². The summed E-state index contributed by atoms with van der Waals surface area (Å²) in [5.41, 5.74) is 3.07. The van der Waals surface area contributed by atoms with Crippen LogP contribution in [0, 0.1) is 0 Å². The number of hydrogen-bond donors (Lipinski definition) is 1. The van der Waals surface area contributed by atoms with E-state index in [9.17, 15) is 9.59 Å². The first-order chi connectivity index (χ1) is 10.6. The van der Waals surface area contributed by atoms with Gasteiger partial charge in [-0.25, -0.2) is 9.59 Å². The van der Waals surface area contributed by atoms with Gasteiger partial charge in [-0.2, -0.15) is 0 Å². The summed E-state index contributed by atoms with van der Waals surface area (Å²) in [7, 11) is 0. The molecule has 1 amide bonds. The largest absolute Gasteiger partial charge is 0.478 e. The zero-order valence-electron chi connectivity index (χ0n) is 11.9. The molecule has 2 aromatic carbocycles. The molecule has 2 aromatic rings. The first kappa shape index (κ1) is 14.1. The average molecular weight is 297 g/mol. The van der Waals surface area contributed by atoms with E-state index < -0.39 is 5.97 Å². The maximum atomic E-state index is 11.4. The second-order valence-corrected chi connectivity index (χ2v) is 5.12. The first-order valence-corrected chi connectivity index (χ1v) is 6.98. The van der Waals surface area contributed by atoms with E-state index >= 15 is 0 Å². The van der Waals surface area contributed by atoms with Crippen LogP contribution in [0.2, 0.25) is 0 Å². The van der Waals surface area contributed by atoms with Gasteiger partial charge < -0.3 is 14.7 Å². The molecule has 3 rings (SSSR count). The minimum atomic E-state index is -0.939. The van der Waals surface area contributed by atoms with Gasteiger partial charge in [-0.05, 0) is 28.8 Å². The van der Waals surface area contributed by atoms with Crippen molar-refractivity contribution in [2.45, 2.75) is 6.54 Å². The van der Waals surface area contributed by atoms with Crippen molar-refractivity contribution in [1.29, 1.82) is 0 Å². The number of hydrogen-bond acceptors (Lipinski definition) is 3. The van der Waals surface area contributed by atoms with Crippen LogP contribution in [0.1, 0.15) is 15.9 Å². The minimum absolute atomic E-state index is 0.265. The fourth-order valence-electron chi connectivity index (χ4n) is 2.42.